The first kappa shape index (κ1) is 15.7. The third-order valence-electron chi connectivity index (χ3n) is 5.41. The van der Waals surface area contributed by atoms with Crippen molar-refractivity contribution in [3.63, 3.8) is 0 Å². The molecule has 0 amide bonds. The minimum absolute atomic E-state index is 0.0878. The second-order valence-electron chi connectivity index (χ2n) is 7.53. The van der Waals surface area contributed by atoms with Crippen molar-refractivity contribution in [1.29, 1.82) is 0 Å². The van der Waals surface area contributed by atoms with Crippen LogP contribution in [0.2, 0.25) is 0 Å². The van der Waals surface area contributed by atoms with Gasteiger partial charge in [0.15, 0.2) is 0 Å². The van der Waals surface area contributed by atoms with E-state index in [0.29, 0.717) is 12.2 Å². The Balaban J connectivity index is 1.78. The number of hydrogen-bond acceptors (Lipinski definition) is 2. The second-order valence-corrected chi connectivity index (χ2v) is 12.6. The summed E-state index contributed by atoms with van der Waals surface area (Å²) in [6.07, 6.45) is 10.8. The molecule has 3 rings (SSSR count). The Labute approximate surface area is 126 Å². The van der Waals surface area contributed by atoms with Gasteiger partial charge in [0.1, 0.15) is 0 Å². The van der Waals surface area contributed by atoms with Gasteiger partial charge in [-0.25, -0.2) is 0 Å². The molecular formula is C16H30O2P2. The summed E-state index contributed by atoms with van der Waals surface area (Å²) < 4.78 is 13.6. The Kier molecular flexibility index (Phi) is 4.52. The van der Waals surface area contributed by atoms with Crippen LogP contribution in [0.5, 0.6) is 0 Å². The van der Waals surface area contributed by atoms with Gasteiger partial charge in [-0.3, -0.25) is 0 Å². The van der Waals surface area contributed by atoms with E-state index in [1.165, 1.54) is 50.8 Å². The van der Waals surface area contributed by atoms with Gasteiger partial charge in [-0.2, -0.15) is 0 Å². The molecule has 116 valence electrons. The predicted octanol–water partition coefficient (Wildman–Crippen LogP) is 4.10. The highest BCUT2D eigenvalue weighted by Crippen LogP contribution is 2.59. The summed E-state index contributed by atoms with van der Waals surface area (Å²) in [5.41, 5.74) is 0.226. The SMILES string of the molecule is CP(C)C[C@H]1OC2(CCC2)C2(CCC2)O[C@@H]1CP(C)C. The van der Waals surface area contributed by atoms with E-state index in [0.717, 1.165) is 0 Å². The van der Waals surface area contributed by atoms with Crippen molar-refractivity contribution in [3.05, 3.63) is 0 Å². The van der Waals surface area contributed by atoms with Crippen LogP contribution in [0.1, 0.15) is 38.5 Å². The molecule has 1 saturated heterocycles. The summed E-state index contributed by atoms with van der Waals surface area (Å²) in [5.74, 6) is 0. The van der Waals surface area contributed by atoms with Crippen LogP contribution in [0.15, 0.2) is 0 Å². The molecule has 0 aromatic rings. The molecule has 0 aromatic heterocycles. The molecule has 0 radical (unpaired) electrons. The lowest BCUT2D eigenvalue weighted by Gasteiger charge is -2.65. The summed E-state index contributed by atoms with van der Waals surface area (Å²) in [6.45, 7) is 9.49. The number of fused-ring (bicyclic) bond motifs is 1. The van der Waals surface area contributed by atoms with Crippen molar-refractivity contribution in [2.24, 2.45) is 0 Å². The van der Waals surface area contributed by atoms with Crippen molar-refractivity contribution in [2.75, 3.05) is 39.0 Å². The largest absolute Gasteiger partial charge is 0.366 e. The zero-order valence-electron chi connectivity index (χ0n) is 13.5. The highest BCUT2D eigenvalue weighted by molar-refractivity contribution is 7.56. The molecule has 3 aliphatic rings. The quantitative estimate of drug-likeness (QED) is 0.727. The lowest BCUT2D eigenvalue weighted by Crippen LogP contribution is -2.72. The van der Waals surface area contributed by atoms with Crippen molar-refractivity contribution in [3.8, 4) is 0 Å². The Morgan fingerprint density at radius 1 is 0.750 bits per heavy atom. The minimum atomic E-state index is 0.0878. The van der Waals surface area contributed by atoms with Crippen LogP contribution >= 0.6 is 15.8 Å². The third kappa shape index (κ3) is 2.60. The maximum absolute atomic E-state index is 6.79. The van der Waals surface area contributed by atoms with Crippen LogP contribution in [0.4, 0.5) is 0 Å². The van der Waals surface area contributed by atoms with Gasteiger partial charge in [0.2, 0.25) is 0 Å². The van der Waals surface area contributed by atoms with Gasteiger partial charge in [0.25, 0.3) is 0 Å². The molecule has 2 saturated carbocycles. The first-order chi connectivity index (χ1) is 9.46. The van der Waals surface area contributed by atoms with Crippen LogP contribution in [0.25, 0.3) is 0 Å². The lowest BCUT2D eigenvalue weighted by atomic mass is 9.58. The topological polar surface area (TPSA) is 18.5 Å². The lowest BCUT2D eigenvalue weighted by molar-refractivity contribution is -0.352. The first-order valence-electron chi connectivity index (χ1n) is 8.12. The van der Waals surface area contributed by atoms with E-state index >= 15 is 0 Å². The van der Waals surface area contributed by atoms with Crippen LogP contribution in [0.3, 0.4) is 0 Å². The van der Waals surface area contributed by atoms with Gasteiger partial charge < -0.3 is 9.47 Å². The molecule has 2 atom stereocenters. The van der Waals surface area contributed by atoms with E-state index in [-0.39, 0.29) is 27.0 Å². The molecule has 20 heavy (non-hydrogen) atoms. The number of rotatable bonds is 4. The monoisotopic (exact) mass is 316 g/mol. The molecule has 1 heterocycles. The van der Waals surface area contributed by atoms with E-state index < -0.39 is 0 Å². The summed E-state index contributed by atoms with van der Waals surface area (Å²) in [4.78, 5) is 0. The zero-order chi connectivity index (χ0) is 14.4. The predicted molar refractivity (Wildman–Crippen MR) is 90.2 cm³/mol. The van der Waals surface area contributed by atoms with Gasteiger partial charge in [-0.15, -0.1) is 15.8 Å². The van der Waals surface area contributed by atoms with Gasteiger partial charge in [0, 0.05) is 0 Å². The maximum Gasteiger partial charge on any atom is 0.0976 e. The summed E-state index contributed by atoms with van der Waals surface area (Å²) in [5, 5.41) is 0. The van der Waals surface area contributed by atoms with Crippen LogP contribution in [-0.2, 0) is 9.47 Å². The highest BCUT2D eigenvalue weighted by Gasteiger charge is 2.64. The molecule has 1 aliphatic heterocycles. The van der Waals surface area contributed by atoms with Crippen molar-refractivity contribution < 1.29 is 9.47 Å². The fourth-order valence-electron chi connectivity index (χ4n) is 4.12. The summed E-state index contributed by atoms with van der Waals surface area (Å²) in [7, 11) is 0.176. The van der Waals surface area contributed by atoms with E-state index in [2.05, 4.69) is 26.7 Å². The van der Waals surface area contributed by atoms with E-state index in [4.69, 9.17) is 9.47 Å². The van der Waals surface area contributed by atoms with Gasteiger partial charge in [0.05, 0.1) is 23.4 Å². The summed E-state index contributed by atoms with van der Waals surface area (Å²) >= 11 is 0. The molecule has 0 N–H and O–H groups in total. The molecule has 3 fully saturated rings. The average molecular weight is 316 g/mol. The number of hydrogen-bond donors (Lipinski definition) is 0. The van der Waals surface area contributed by atoms with Crippen LogP contribution in [0, 0.1) is 0 Å². The Morgan fingerprint density at radius 2 is 1.10 bits per heavy atom. The molecule has 4 heteroatoms. The number of ether oxygens (including phenoxy) is 2. The van der Waals surface area contributed by atoms with Gasteiger partial charge in [-0.05, 0) is 77.5 Å². The standard InChI is InChI=1S/C16H30O2P2/c1-19(2)11-13-14(12-20(3)4)18-16(9-6-10-16)15(17-13)7-5-8-15/h13-14H,5-12H2,1-4H3/t13-,14-/m1/s1. The summed E-state index contributed by atoms with van der Waals surface area (Å²) in [6, 6.07) is 0. The first-order valence-corrected chi connectivity index (χ1v) is 13.0. The molecule has 2 nitrogen and oxygen atoms in total. The van der Waals surface area contributed by atoms with E-state index in [1.807, 2.05) is 0 Å². The molecular weight excluding hydrogens is 286 g/mol. The zero-order valence-corrected chi connectivity index (χ0v) is 15.3. The normalized spacial score (nSPS) is 34.5. The van der Waals surface area contributed by atoms with E-state index in [9.17, 15) is 0 Å². The van der Waals surface area contributed by atoms with Crippen molar-refractivity contribution in [1.82, 2.24) is 0 Å². The molecule has 0 unspecified atom stereocenters. The molecule has 2 aliphatic carbocycles. The van der Waals surface area contributed by atoms with Crippen molar-refractivity contribution >= 4 is 15.8 Å². The Hall–Kier alpha value is 0.780. The van der Waals surface area contributed by atoms with Crippen LogP contribution < -0.4 is 0 Å². The molecule has 2 spiro atoms. The Morgan fingerprint density at radius 3 is 1.30 bits per heavy atom. The highest BCUT2D eigenvalue weighted by atomic mass is 31.1. The van der Waals surface area contributed by atoms with Gasteiger partial charge in [-0.1, -0.05) is 0 Å². The van der Waals surface area contributed by atoms with Crippen LogP contribution in [-0.4, -0.2) is 62.4 Å². The fraction of sp³-hybridized carbons (Fsp3) is 1.00. The van der Waals surface area contributed by atoms with E-state index in [1.54, 1.807) is 0 Å². The molecule has 0 aromatic carbocycles. The minimum Gasteiger partial charge on any atom is -0.366 e. The maximum atomic E-state index is 6.79. The molecule has 0 bridgehead atoms. The third-order valence-corrected chi connectivity index (χ3v) is 7.59. The fourth-order valence-corrected chi connectivity index (χ4v) is 6.18. The second kappa shape index (κ2) is 5.77. The smallest absolute Gasteiger partial charge is 0.0976 e. The average Bonchev–Trinajstić information content (AvgIpc) is 2.25. The Bertz CT molecular complexity index is 314. The van der Waals surface area contributed by atoms with Crippen molar-refractivity contribution in [2.45, 2.75) is 61.9 Å². The van der Waals surface area contributed by atoms with Gasteiger partial charge >= 0.3 is 0 Å².